The molecule has 2 bridgehead atoms. The number of carbonyl (C=O) groups excluding carboxylic acids is 2. The molecule has 218 valence electrons. The lowest BCUT2D eigenvalue weighted by Crippen LogP contribution is -2.58. The van der Waals surface area contributed by atoms with Gasteiger partial charge in [0.1, 0.15) is 5.78 Å². The minimum atomic E-state index is -2.31. The summed E-state index contributed by atoms with van der Waals surface area (Å²) in [6.07, 6.45) is 9.22. The van der Waals surface area contributed by atoms with Gasteiger partial charge in [-0.25, -0.2) is 4.98 Å². The molecule has 3 rings (SSSR count). The maximum atomic E-state index is 13.9. The van der Waals surface area contributed by atoms with Crippen molar-refractivity contribution in [3.05, 3.63) is 33.8 Å². The number of aromatic nitrogens is 1. The van der Waals surface area contributed by atoms with Gasteiger partial charge in [-0.2, -0.15) is 0 Å². The highest BCUT2D eigenvalue weighted by atomic mass is 32.1. The summed E-state index contributed by atoms with van der Waals surface area (Å²) in [7, 11) is -2.31. The minimum Gasteiger partial charge on any atom is -0.412 e. The second kappa shape index (κ2) is 12.5. The number of nitrogens with zero attached hydrogens (tertiary/aromatic N) is 1. The molecule has 1 aliphatic carbocycles. The molecule has 1 aliphatic heterocycles. The van der Waals surface area contributed by atoms with Gasteiger partial charge in [-0.15, -0.1) is 11.3 Å². The molecule has 0 unspecified atom stereocenters. The van der Waals surface area contributed by atoms with E-state index >= 15 is 0 Å². The summed E-state index contributed by atoms with van der Waals surface area (Å²) >= 11 is 1.61. The van der Waals surface area contributed by atoms with Crippen LogP contribution in [-0.4, -0.2) is 48.3 Å². The Bertz CT molecular complexity index is 1090. The van der Waals surface area contributed by atoms with E-state index in [9.17, 15) is 14.7 Å². The Balaban J connectivity index is 1.99. The molecule has 0 radical (unpaired) electrons. The molecule has 2 aliphatic rings. The molecule has 1 aromatic heterocycles. The molecule has 2 N–H and O–H groups in total. The van der Waals surface area contributed by atoms with Gasteiger partial charge < -0.3 is 14.8 Å². The standard InChI is InChI=1S/C31H50N2O4SSi/c1-20(16-24-19-38-22(3)32-24)25-15-13-11-10-12-14-23-18-31(7,29(36)21(2)28(23)35)26(17-27(34)33-25)37-39(8,9)30(4,5)6/h11,13,16,19,21,23,25-26,28,35H,10,12,14-15,17-18H2,1-9H3,(H,33,34)/b13-11-,20-16+/t21-,23+,25-,26-,28-,31+/m0/s1. The van der Waals surface area contributed by atoms with E-state index in [1.807, 2.05) is 33.1 Å². The maximum Gasteiger partial charge on any atom is 0.223 e. The number of amides is 1. The van der Waals surface area contributed by atoms with E-state index in [2.05, 4.69) is 62.4 Å². The van der Waals surface area contributed by atoms with Crippen molar-refractivity contribution in [3.63, 3.8) is 0 Å². The number of aryl methyl sites for hydroxylation is 1. The van der Waals surface area contributed by atoms with Gasteiger partial charge in [0.2, 0.25) is 5.91 Å². The quantitative estimate of drug-likeness (QED) is 0.304. The Morgan fingerprint density at radius 2 is 1.97 bits per heavy atom. The van der Waals surface area contributed by atoms with Crippen molar-refractivity contribution in [1.29, 1.82) is 0 Å². The molecule has 8 heteroatoms. The summed E-state index contributed by atoms with van der Waals surface area (Å²) in [6.45, 7) is 18.8. The van der Waals surface area contributed by atoms with Crippen LogP contribution in [0.2, 0.25) is 18.1 Å². The number of aliphatic hydroxyl groups excluding tert-OH is 1. The molecule has 0 saturated heterocycles. The second-order valence-electron chi connectivity index (χ2n) is 13.5. The Labute approximate surface area is 240 Å². The predicted molar refractivity (Wildman–Crippen MR) is 163 cm³/mol. The fourth-order valence-corrected chi connectivity index (χ4v) is 7.73. The first-order valence-corrected chi connectivity index (χ1v) is 18.3. The van der Waals surface area contributed by atoms with E-state index in [0.29, 0.717) is 12.8 Å². The van der Waals surface area contributed by atoms with Gasteiger partial charge in [0.05, 0.1) is 40.8 Å². The zero-order chi connectivity index (χ0) is 29.2. The average Bonchev–Trinajstić information content (AvgIpc) is 3.24. The molecular formula is C31H50N2O4SSi. The highest BCUT2D eigenvalue weighted by molar-refractivity contribution is 7.09. The van der Waals surface area contributed by atoms with Crippen molar-refractivity contribution in [2.45, 2.75) is 123 Å². The van der Waals surface area contributed by atoms with E-state index in [-0.39, 0.29) is 35.1 Å². The highest BCUT2D eigenvalue weighted by Crippen LogP contribution is 2.48. The maximum absolute atomic E-state index is 13.9. The van der Waals surface area contributed by atoms with E-state index in [0.717, 1.165) is 35.5 Å². The van der Waals surface area contributed by atoms with E-state index in [1.165, 1.54) is 0 Å². The lowest BCUT2D eigenvalue weighted by molar-refractivity contribution is -0.155. The third-order valence-electron chi connectivity index (χ3n) is 9.36. The van der Waals surface area contributed by atoms with Crippen molar-refractivity contribution in [2.24, 2.45) is 17.3 Å². The number of nitrogens with one attached hydrogen (secondary N) is 1. The summed E-state index contributed by atoms with van der Waals surface area (Å²) in [5.74, 6) is -0.570. The van der Waals surface area contributed by atoms with Gasteiger partial charge in [0, 0.05) is 11.3 Å². The van der Waals surface area contributed by atoms with Crippen LogP contribution in [0.3, 0.4) is 0 Å². The van der Waals surface area contributed by atoms with E-state index in [4.69, 9.17) is 4.43 Å². The topological polar surface area (TPSA) is 88.5 Å². The summed E-state index contributed by atoms with van der Waals surface area (Å²) < 4.78 is 6.95. The van der Waals surface area contributed by atoms with Crippen LogP contribution >= 0.6 is 11.3 Å². The lowest BCUT2D eigenvalue weighted by Gasteiger charge is -2.50. The molecule has 0 spiro atoms. The van der Waals surface area contributed by atoms with Crippen molar-refractivity contribution < 1.29 is 19.1 Å². The van der Waals surface area contributed by atoms with Crippen LogP contribution in [0.1, 0.15) is 90.8 Å². The Morgan fingerprint density at radius 3 is 2.59 bits per heavy atom. The van der Waals surface area contributed by atoms with Crippen LogP contribution in [0.5, 0.6) is 0 Å². The number of Topliss-reactive ketones (excluding diaryl/α,β-unsaturated/α-hetero) is 1. The Kier molecular flexibility index (Phi) is 10.2. The van der Waals surface area contributed by atoms with Crippen LogP contribution in [-0.2, 0) is 14.0 Å². The fourth-order valence-electron chi connectivity index (χ4n) is 5.75. The zero-order valence-corrected chi connectivity index (χ0v) is 27.3. The first-order valence-electron chi connectivity index (χ1n) is 14.5. The van der Waals surface area contributed by atoms with Crippen molar-refractivity contribution >= 4 is 37.4 Å². The van der Waals surface area contributed by atoms with E-state index in [1.54, 1.807) is 11.3 Å². The fraction of sp³-hybridized carbons (Fsp3) is 0.710. The summed E-state index contributed by atoms with van der Waals surface area (Å²) in [6, 6.07) is -0.171. The number of aliphatic hydroxyl groups is 1. The van der Waals surface area contributed by atoms with Gasteiger partial charge in [-0.05, 0) is 81.7 Å². The highest BCUT2D eigenvalue weighted by Gasteiger charge is 2.54. The van der Waals surface area contributed by atoms with Gasteiger partial charge in [-0.1, -0.05) is 46.8 Å². The lowest BCUT2D eigenvalue weighted by atomic mass is 9.60. The largest absolute Gasteiger partial charge is 0.412 e. The van der Waals surface area contributed by atoms with Gasteiger partial charge >= 0.3 is 0 Å². The number of hydrogen-bond donors (Lipinski definition) is 2. The van der Waals surface area contributed by atoms with Crippen LogP contribution in [0.15, 0.2) is 23.1 Å². The van der Waals surface area contributed by atoms with Gasteiger partial charge in [0.25, 0.3) is 0 Å². The van der Waals surface area contributed by atoms with Crippen molar-refractivity contribution in [2.75, 3.05) is 0 Å². The van der Waals surface area contributed by atoms with Crippen molar-refractivity contribution in [3.8, 4) is 0 Å². The zero-order valence-electron chi connectivity index (χ0n) is 25.5. The second-order valence-corrected chi connectivity index (χ2v) is 19.4. The number of carbonyl (C=O) groups is 2. The molecule has 1 saturated carbocycles. The molecule has 39 heavy (non-hydrogen) atoms. The van der Waals surface area contributed by atoms with Crippen LogP contribution in [0.25, 0.3) is 6.08 Å². The molecule has 1 aromatic rings. The van der Waals surface area contributed by atoms with Crippen LogP contribution in [0.4, 0.5) is 0 Å². The molecule has 0 aromatic carbocycles. The summed E-state index contributed by atoms with van der Waals surface area (Å²) in [4.78, 5) is 32.1. The van der Waals surface area contributed by atoms with E-state index < -0.39 is 31.9 Å². The smallest absolute Gasteiger partial charge is 0.223 e. The van der Waals surface area contributed by atoms with Crippen molar-refractivity contribution in [1.82, 2.24) is 10.3 Å². The minimum absolute atomic E-state index is 0.00658. The number of ketones is 1. The average molecular weight is 575 g/mol. The third kappa shape index (κ3) is 7.57. The number of rotatable bonds is 4. The molecular weight excluding hydrogens is 525 g/mol. The number of fused-ring (bicyclic) bond motifs is 2. The molecule has 6 atom stereocenters. The SMILES string of the molecule is C/C(=C\c1csc(C)n1)[C@@H]1C/C=C\CCC[C@@H]2C[C@@](C)(C(=O)[C@@H](C)[C@@H]2O)[C@@H](O[Si](C)(C)C(C)(C)C)CC(=O)N1. The first-order chi connectivity index (χ1) is 18.0. The van der Waals surface area contributed by atoms with Crippen LogP contribution in [0, 0.1) is 24.2 Å². The first kappa shape index (κ1) is 31.9. The monoisotopic (exact) mass is 574 g/mol. The third-order valence-corrected chi connectivity index (χ3v) is 14.6. The van der Waals surface area contributed by atoms with Crippen LogP contribution < -0.4 is 5.32 Å². The molecule has 2 heterocycles. The summed E-state index contributed by atoms with van der Waals surface area (Å²) in [5.41, 5.74) is 1.11. The number of thiazole rings is 1. The summed E-state index contributed by atoms with van der Waals surface area (Å²) in [5, 5.41) is 17.3. The van der Waals surface area contributed by atoms with Gasteiger partial charge in [0.15, 0.2) is 8.32 Å². The Hall–Kier alpha value is -1.61. The normalized spacial score (nSPS) is 32.9. The number of allylic oxidation sites excluding steroid dienone is 1. The number of hydrogen-bond acceptors (Lipinski definition) is 6. The molecule has 6 nitrogen and oxygen atoms in total. The van der Waals surface area contributed by atoms with Gasteiger partial charge in [-0.3, -0.25) is 9.59 Å². The Morgan fingerprint density at radius 1 is 1.28 bits per heavy atom. The molecule has 1 fully saturated rings. The molecule has 1 amide bonds. The predicted octanol–water partition coefficient (Wildman–Crippen LogP) is 6.84.